The Morgan fingerprint density at radius 1 is 0.929 bits per heavy atom. The van der Waals surface area contributed by atoms with E-state index < -0.39 is 11.8 Å². The molecule has 1 heterocycles. The molecular weight excluding hydrogens is 378 g/mol. The number of aryl methyl sites for hydroxylation is 1. The Hall–Kier alpha value is -3.39. The van der Waals surface area contributed by atoms with Crippen LogP contribution >= 0.6 is 11.3 Å². The molecule has 2 N–H and O–H groups in total. The third-order valence-electron chi connectivity index (χ3n) is 3.96. The molecule has 2 amide bonds. The maximum Gasteiger partial charge on any atom is 0.281 e. The first-order valence-corrected chi connectivity index (χ1v) is 9.20. The summed E-state index contributed by atoms with van der Waals surface area (Å²) in [5.41, 5.74) is 6.69. The van der Waals surface area contributed by atoms with E-state index in [2.05, 4.69) is 15.8 Å². The molecule has 8 heteroatoms. The number of thiazole rings is 1. The molecule has 0 saturated carbocycles. The summed E-state index contributed by atoms with van der Waals surface area (Å²) >= 11 is 1.27. The first kappa shape index (κ1) is 19.4. The lowest BCUT2D eigenvalue weighted by atomic mass is 10.2. The second-order valence-corrected chi connectivity index (χ2v) is 6.78. The van der Waals surface area contributed by atoms with E-state index in [1.54, 1.807) is 19.1 Å². The normalized spacial score (nSPS) is 10.2. The zero-order valence-electron chi connectivity index (χ0n) is 15.6. The molecule has 0 aliphatic heterocycles. The van der Waals surface area contributed by atoms with Gasteiger partial charge in [-0.1, -0.05) is 30.3 Å². The van der Waals surface area contributed by atoms with Crippen molar-refractivity contribution >= 4 is 23.2 Å². The van der Waals surface area contributed by atoms with Crippen molar-refractivity contribution in [3.05, 3.63) is 64.7 Å². The van der Waals surface area contributed by atoms with Crippen molar-refractivity contribution in [2.45, 2.75) is 6.92 Å². The molecule has 28 heavy (non-hydrogen) atoms. The van der Waals surface area contributed by atoms with Gasteiger partial charge in [-0.2, -0.15) is 0 Å². The standard InChI is InChI=1S/C20H19N3O4S/c1-12-17(28-20(21-12)13-7-5-4-6-8-13)19(25)23-22-18(24)14-9-10-15(26-2)16(11-14)27-3/h4-11H,1-3H3,(H,22,24)(H,23,25). The van der Waals surface area contributed by atoms with Crippen LogP contribution in [0, 0.1) is 6.92 Å². The van der Waals surface area contributed by atoms with Crippen molar-refractivity contribution in [3.8, 4) is 22.1 Å². The van der Waals surface area contributed by atoms with Crippen LogP contribution in [0.1, 0.15) is 25.7 Å². The lowest BCUT2D eigenvalue weighted by molar-refractivity contribution is 0.0848. The fourth-order valence-electron chi connectivity index (χ4n) is 2.53. The second-order valence-electron chi connectivity index (χ2n) is 5.78. The Labute approximate surface area is 166 Å². The molecule has 1 aromatic heterocycles. The summed E-state index contributed by atoms with van der Waals surface area (Å²) in [5, 5.41) is 0.745. The first-order chi connectivity index (χ1) is 13.5. The first-order valence-electron chi connectivity index (χ1n) is 8.39. The second kappa shape index (κ2) is 8.53. The minimum absolute atomic E-state index is 0.323. The van der Waals surface area contributed by atoms with Crippen LogP contribution in [0.4, 0.5) is 0 Å². The maximum atomic E-state index is 12.5. The zero-order valence-corrected chi connectivity index (χ0v) is 16.4. The van der Waals surface area contributed by atoms with Crippen molar-refractivity contribution in [2.75, 3.05) is 14.2 Å². The number of carbonyl (C=O) groups is 2. The Morgan fingerprint density at radius 2 is 1.61 bits per heavy atom. The van der Waals surface area contributed by atoms with E-state index in [0.29, 0.717) is 27.6 Å². The summed E-state index contributed by atoms with van der Waals surface area (Å²) in [6.45, 7) is 1.76. The predicted octanol–water partition coefficient (Wildman–Crippen LogP) is 3.21. The van der Waals surface area contributed by atoms with Crippen LogP contribution in [0.25, 0.3) is 10.6 Å². The van der Waals surface area contributed by atoms with Gasteiger partial charge in [-0.05, 0) is 25.1 Å². The van der Waals surface area contributed by atoms with Crippen LogP contribution in [0.5, 0.6) is 11.5 Å². The monoisotopic (exact) mass is 397 g/mol. The number of carbonyl (C=O) groups excluding carboxylic acids is 2. The van der Waals surface area contributed by atoms with Gasteiger partial charge in [0.1, 0.15) is 9.88 Å². The van der Waals surface area contributed by atoms with Crippen molar-refractivity contribution in [3.63, 3.8) is 0 Å². The van der Waals surface area contributed by atoms with Gasteiger partial charge in [-0.15, -0.1) is 11.3 Å². The smallest absolute Gasteiger partial charge is 0.281 e. The van der Waals surface area contributed by atoms with Crippen LogP contribution in [0.15, 0.2) is 48.5 Å². The van der Waals surface area contributed by atoms with Crippen LogP contribution in [-0.2, 0) is 0 Å². The number of hydrazine groups is 1. The number of nitrogens with one attached hydrogen (secondary N) is 2. The highest BCUT2D eigenvalue weighted by Gasteiger charge is 2.17. The number of hydrogen-bond donors (Lipinski definition) is 2. The van der Waals surface area contributed by atoms with Crippen LogP contribution in [0.2, 0.25) is 0 Å². The summed E-state index contributed by atoms with van der Waals surface area (Å²) in [5.74, 6) is 0.0369. The molecule has 3 rings (SSSR count). The number of nitrogens with zero attached hydrogens (tertiary/aromatic N) is 1. The van der Waals surface area contributed by atoms with E-state index in [0.717, 1.165) is 10.6 Å². The Balaban J connectivity index is 1.69. The molecule has 0 bridgehead atoms. The number of amides is 2. The van der Waals surface area contributed by atoms with Crippen molar-refractivity contribution in [2.24, 2.45) is 0 Å². The Bertz CT molecular complexity index is 1000. The fourth-order valence-corrected chi connectivity index (χ4v) is 3.50. The lowest BCUT2D eigenvalue weighted by Gasteiger charge is -2.10. The van der Waals surface area contributed by atoms with E-state index >= 15 is 0 Å². The van der Waals surface area contributed by atoms with E-state index in [1.807, 2.05) is 30.3 Å². The number of aromatic nitrogens is 1. The van der Waals surface area contributed by atoms with Gasteiger partial charge in [0.05, 0.1) is 19.9 Å². The van der Waals surface area contributed by atoms with Gasteiger partial charge >= 0.3 is 0 Å². The molecule has 0 aliphatic rings. The SMILES string of the molecule is COc1ccc(C(=O)NNC(=O)c2sc(-c3ccccc3)nc2C)cc1OC. The van der Waals surface area contributed by atoms with Crippen LogP contribution < -0.4 is 20.3 Å². The molecule has 144 valence electrons. The summed E-state index contributed by atoms with van der Waals surface area (Å²) in [4.78, 5) is 29.7. The molecule has 0 saturated heterocycles. The summed E-state index contributed by atoms with van der Waals surface area (Å²) in [6, 6.07) is 14.3. The van der Waals surface area contributed by atoms with Crippen LogP contribution in [-0.4, -0.2) is 31.0 Å². The largest absolute Gasteiger partial charge is 0.493 e. The molecule has 0 spiro atoms. The van der Waals surface area contributed by atoms with Crippen LogP contribution in [0.3, 0.4) is 0 Å². The molecule has 3 aromatic rings. The number of ether oxygens (including phenoxy) is 2. The third kappa shape index (κ3) is 4.12. The highest BCUT2D eigenvalue weighted by atomic mass is 32.1. The fraction of sp³-hybridized carbons (Fsp3) is 0.150. The number of methoxy groups -OCH3 is 2. The van der Waals surface area contributed by atoms with Gasteiger partial charge in [0, 0.05) is 11.1 Å². The van der Waals surface area contributed by atoms with Gasteiger partial charge in [0.25, 0.3) is 11.8 Å². The average molecular weight is 397 g/mol. The highest BCUT2D eigenvalue weighted by Crippen LogP contribution is 2.28. The summed E-state index contributed by atoms with van der Waals surface area (Å²) in [6.07, 6.45) is 0. The van der Waals surface area contributed by atoms with Gasteiger partial charge in [0.2, 0.25) is 0 Å². The molecule has 0 aliphatic carbocycles. The Kier molecular flexibility index (Phi) is 5.90. The average Bonchev–Trinajstić information content (AvgIpc) is 3.13. The number of benzene rings is 2. The Morgan fingerprint density at radius 3 is 2.29 bits per heavy atom. The van der Waals surface area contributed by atoms with Gasteiger partial charge < -0.3 is 9.47 Å². The van der Waals surface area contributed by atoms with Crippen molar-refractivity contribution in [1.29, 1.82) is 0 Å². The maximum absolute atomic E-state index is 12.5. The minimum Gasteiger partial charge on any atom is -0.493 e. The van der Waals surface area contributed by atoms with Crippen molar-refractivity contribution < 1.29 is 19.1 Å². The predicted molar refractivity (Wildman–Crippen MR) is 107 cm³/mol. The van der Waals surface area contributed by atoms with Gasteiger partial charge in [-0.25, -0.2) is 4.98 Å². The molecular formula is C20H19N3O4S. The third-order valence-corrected chi connectivity index (χ3v) is 5.16. The highest BCUT2D eigenvalue weighted by molar-refractivity contribution is 7.17. The van der Waals surface area contributed by atoms with E-state index in [1.165, 1.54) is 31.6 Å². The minimum atomic E-state index is -0.472. The topological polar surface area (TPSA) is 89.6 Å². The van der Waals surface area contributed by atoms with Crippen molar-refractivity contribution in [1.82, 2.24) is 15.8 Å². The molecule has 2 aromatic carbocycles. The summed E-state index contributed by atoms with van der Waals surface area (Å²) < 4.78 is 10.3. The lowest BCUT2D eigenvalue weighted by Crippen LogP contribution is -2.41. The number of rotatable bonds is 5. The van der Waals surface area contributed by atoms with E-state index in [4.69, 9.17) is 9.47 Å². The summed E-state index contributed by atoms with van der Waals surface area (Å²) in [7, 11) is 3.00. The quantitative estimate of drug-likeness (QED) is 0.646. The molecule has 0 radical (unpaired) electrons. The molecule has 0 fully saturated rings. The molecule has 0 atom stereocenters. The van der Waals surface area contributed by atoms with E-state index in [9.17, 15) is 9.59 Å². The van der Waals surface area contributed by atoms with Gasteiger partial charge in [-0.3, -0.25) is 20.4 Å². The molecule has 0 unspecified atom stereocenters. The van der Waals surface area contributed by atoms with E-state index in [-0.39, 0.29) is 0 Å². The molecule has 7 nitrogen and oxygen atoms in total. The number of hydrogen-bond acceptors (Lipinski definition) is 6. The van der Waals surface area contributed by atoms with Gasteiger partial charge in [0.15, 0.2) is 11.5 Å². The zero-order chi connectivity index (χ0) is 20.1.